The number of benzene rings is 2. The molecule has 6 rings (SSSR count). The van der Waals surface area contributed by atoms with Crippen LogP contribution in [0.4, 0.5) is 19.5 Å². The lowest BCUT2D eigenvalue weighted by Gasteiger charge is -2.42. The van der Waals surface area contributed by atoms with Gasteiger partial charge in [0.2, 0.25) is 5.95 Å². The van der Waals surface area contributed by atoms with Crippen LogP contribution < -0.4 is 10.2 Å². The maximum Gasteiger partial charge on any atom is 0.405 e. The fraction of sp³-hybridized carbons (Fsp3) is 0.364. The van der Waals surface area contributed by atoms with Gasteiger partial charge in [0.15, 0.2) is 5.69 Å². The molecule has 1 amide bonds. The summed E-state index contributed by atoms with van der Waals surface area (Å²) in [5.74, 6) is -1.25. The van der Waals surface area contributed by atoms with Crippen LogP contribution in [0.2, 0.25) is 25.7 Å². The summed E-state index contributed by atoms with van der Waals surface area (Å²) >= 11 is 1.60. The Morgan fingerprint density at radius 2 is 1.91 bits per heavy atom. The molecule has 244 valence electrons. The van der Waals surface area contributed by atoms with E-state index in [1.54, 1.807) is 11.3 Å². The molecule has 0 spiro atoms. The topological polar surface area (TPSA) is 129 Å². The van der Waals surface area contributed by atoms with Gasteiger partial charge in [-0.3, -0.25) is 0 Å². The molecular weight excluding hydrogens is 641 g/mol. The predicted octanol–water partition coefficient (Wildman–Crippen LogP) is 7.24. The number of anilines is 1. The highest BCUT2D eigenvalue weighted by atomic mass is 32.1. The normalized spacial score (nSPS) is 14.9. The van der Waals surface area contributed by atoms with Gasteiger partial charge in [-0.05, 0) is 49.6 Å². The molecule has 47 heavy (non-hydrogen) atoms. The largest absolute Gasteiger partial charge is 0.465 e. The SMILES string of the molecule is Cc1nc2ccc(-c3cn(COCC[Si](C)(C)C)c4nc(N5CCC(NC(=O)O)(c6ccc(F)cc6F)CC5)nc(C#N)c34)cc2s1. The van der Waals surface area contributed by atoms with Gasteiger partial charge in [0.05, 0.1) is 26.1 Å². The Bertz CT molecular complexity index is 2030. The Balaban J connectivity index is 1.38. The van der Waals surface area contributed by atoms with E-state index in [2.05, 4.69) is 47.1 Å². The van der Waals surface area contributed by atoms with Crippen molar-refractivity contribution in [3.05, 3.63) is 70.5 Å². The first-order chi connectivity index (χ1) is 22.4. The first-order valence-corrected chi connectivity index (χ1v) is 19.9. The Hall–Kier alpha value is -4.45. The molecule has 5 aromatic rings. The number of halogens is 2. The minimum absolute atomic E-state index is 0.0807. The van der Waals surface area contributed by atoms with Crippen molar-refractivity contribution < 1.29 is 23.4 Å². The van der Waals surface area contributed by atoms with Crippen molar-refractivity contribution in [2.24, 2.45) is 0 Å². The third-order valence-electron chi connectivity index (χ3n) is 8.54. The molecule has 3 aromatic heterocycles. The molecule has 1 saturated heterocycles. The number of hydrogen-bond donors (Lipinski definition) is 2. The van der Waals surface area contributed by atoms with Crippen LogP contribution in [0.5, 0.6) is 0 Å². The van der Waals surface area contributed by atoms with Gasteiger partial charge >= 0.3 is 6.09 Å². The van der Waals surface area contributed by atoms with Gasteiger partial charge in [-0.1, -0.05) is 31.8 Å². The van der Waals surface area contributed by atoms with E-state index in [1.807, 2.05) is 34.7 Å². The van der Waals surface area contributed by atoms with Crippen LogP contribution in [-0.4, -0.2) is 58.5 Å². The van der Waals surface area contributed by atoms with E-state index in [-0.39, 0.29) is 43.9 Å². The monoisotopic (exact) mass is 675 g/mol. The van der Waals surface area contributed by atoms with Gasteiger partial charge in [0, 0.05) is 51.2 Å². The van der Waals surface area contributed by atoms with Gasteiger partial charge in [0.25, 0.3) is 0 Å². The molecule has 2 aromatic carbocycles. The van der Waals surface area contributed by atoms with Gasteiger partial charge in [-0.25, -0.2) is 23.5 Å². The van der Waals surface area contributed by atoms with Crippen LogP contribution in [0, 0.1) is 29.9 Å². The molecule has 0 unspecified atom stereocenters. The number of ether oxygens (including phenoxy) is 1. The van der Waals surface area contributed by atoms with Gasteiger partial charge < -0.3 is 24.6 Å². The summed E-state index contributed by atoms with van der Waals surface area (Å²) in [6.07, 6.45) is 0.984. The van der Waals surface area contributed by atoms with Crippen molar-refractivity contribution in [1.82, 2.24) is 24.8 Å². The number of carboxylic acid groups (broad SMARTS) is 1. The van der Waals surface area contributed by atoms with Crippen LogP contribution in [0.1, 0.15) is 29.1 Å². The molecule has 14 heteroatoms. The lowest BCUT2D eigenvalue weighted by molar-refractivity contribution is 0.0899. The first kappa shape index (κ1) is 32.5. The van der Waals surface area contributed by atoms with Crippen molar-refractivity contribution >= 4 is 52.7 Å². The molecule has 0 atom stereocenters. The number of nitriles is 1. The molecule has 0 bridgehead atoms. The fourth-order valence-corrected chi connectivity index (χ4v) is 7.72. The number of amides is 1. The average molecular weight is 676 g/mol. The minimum atomic E-state index is -1.32. The highest BCUT2D eigenvalue weighted by Gasteiger charge is 2.40. The van der Waals surface area contributed by atoms with Gasteiger partial charge in [-0.2, -0.15) is 10.2 Å². The summed E-state index contributed by atoms with van der Waals surface area (Å²) < 4.78 is 37.7. The Kier molecular flexibility index (Phi) is 8.73. The third kappa shape index (κ3) is 6.69. The summed E-state index contributed by atoms with van der Waals surface area (Å²) in [6.45, 7) is 10.2. The Labute approximate surface area is 275 Å². The van der Waals surface area contributed by atoms with Crippen molar-refractivity contribution in [2.45, 2.75) is 57.7 Å². The number of thiazole rings is 1. The summed E-state index contributed by atoms with van der Waals surface area (Å²) in [5, 5.41) is 24.0. The number of piperidine rings is 1. The second-order valence-corrected chi connectivity index (χ2v) is 19.9. The molecule has 1 aliphatic heterocycles. The maximum absolute atomic E-state index is 14.9. The zero-order valence-electron chi connectivity index (χ0n) is 26.6. The van der Waals surface area contributed by atoms with Crippen LogP contribution in [0.15, 0.2) is 42.6 Å². The molecule has 10 nitrogen and oxygen atoms in total. The number of carbonyl (C=O) groups is 1. The molecule has 4 heterocycles. The molecule has 0 radical (unpaired) electrons. The van der Waals surface area contributed by atoms with Crippen molar-refractivity contribution in [2.75, 3.05) is 24.6 Å². The van der Waals surface area contributed by atoms with E-state index < -0.39 is 31.3 Å². The van der Waals surface area contributed by atoms with Crippen molar-refractivity contribution in [3.8, 4) is 17.2 Å². The number of nitrogens with zero attached hydrogens (tertiary/aromatic N) is 6. The highest BCUT2D eigenvalue weighted by Crippen LogP contribution is 2.38. The quantitative estimate of drug-likeness (QED) is 0.124. The summed E-state index contributed by atoms with van der Waals surface area (Å²) in [6, 6.07) is 12.5. The summed E-state index contributed by atoms with van der Waals surface area (Å²) in [7, 11) is -1.32. The zero-order chi connectivity index (χ0) is 33.5. The number of aromatic nitrogens is 4. The van der Waals surface area contributed by atoms with E-state index in [4.69, 9.17) is 9.72 Å². The number of rotatable bonds is 9. The average Bonchev–Trinajstić information content (AvgIpc) is 3.57. The number of aryl methyl sites for hydroxylation is 1. The van der Waals surface area contributed by atoms with Crippen LogP contribution in [-0.2, 0) is 17.0 Å². The van der Waals surface area contributed by atoms with Crippen LogP contribution in [0.25, 0.3) is 32.4 Å². The van der Waals surface area contributed by atoms with E-state index in [1.165, 1.54) is 6.07 Å². The first-order valence-electron chi connectivity index (χ1n) is 15.3. The molecule has 2 N–H and O–H groups in total. The molecule has 0 aliphatic carbocycles. The number of fused-ring (bicyclic) bond motifs is 2. The smallest absolute Gasteiger partial charge is 0.405 e. The van der Waals surface area contributed by atoms with E-state index in [9.17, 15) is 23.9 Å². The van der Waals surface area contributed by atoms with Crippen LogP contribution >= 0.6 is 11.3 Å². The van der Waals surface area contributed by atoms with Crippen molar-refractivity contribution in [3.63, 3.8) is 0 Å². The minimum Gasteiger partial charge on any atom is -0.465 e. The number of hydrogen-bond acceptors (Lipinski definition) is 8. The lowest BCUT2D eigenvalue weighted by atomic mass is 9.80. The standard InChI is InChI=1S/C33H35F2N7O3SSi/c1-20-37-26-8-5-21(15-28(26)46-20)23-18-42(19-45-13-14-47(2,3)4)30-29(23)27(17-36)38-31(39-30)41-11-9-33(10-12-41,40-32(43)44)24-7-6-22(34)16-25(24)35/h5-8,15-16,18,40H,9-14,19H2,1-4H3,(H,43,44). The lowest BCUT2D eigenvalue weighted by Crippen LogP contribution is -2.53. The predicted molar refractivity (Wildman–Crippen MR) is 180 cm³/mol. The molecule has 1 aliphatic rings. The third-order valence-corrected chi connectivity index (χ3v) is 11.2. The Morgan fingerprint density at radius 1 is 1.15 bits per heavy atom. The molecule has 0 saturated carbocycles. The van der Waals surface area contributed by atoms with Gasteiger partial charge in [0.1, 0.15) is 30.1 Å². The number of nitrogens with one attached hydrogen (secondary N) is 1. The van der Waals surface area contributed by atoms with Crippen LogP contribution in [0.3, 0.4) is 0 Å². The Morgan fingerprint density at radius 3 is 2.60 bits per heavy atom. The second kappa shape index (κ2) is 12.6. The second-order valence-electron chi connectivity index (χ2n) is 13.1. The molecular formula is C33H35F2N7O3SSi. The molecule has 1 fully saturated rings. The van der Waals surface area contributed by atoms with E-state index >= 15 is 0 Å². The highest BCUT2D eigenvalue weighted by molar-refractivity contribution is 7.18. The van der Waals surface area contributed by atoms with Gasteiger partial charge in [-0.15, -0.1) is 11.3 Å². The zero-order valence-corrected chi connectivity index (χ0v) is 28.4. The fourth-order valence-electron chi connectivity index (χ4n) is 6.10. The summed E-state index contributed by atoms with van der Waals surface area (Å²) in [4.78, 5) is 27.9. The van der Waals surface area contributed by atoms with Crippen molar-refractivity contribution in [1.29, 1.82) is 5.26 Å². The summed E-state index contributed by atoms with van der Waals surface area (Å²) in [5.41, 5.74) is 2.17. The maximum atomic E-state index is 14.9. The van der Waals surface area contributed by atoms with E-state index in [0.29, 0.717) is 23.6 Å². The van der Waals surface area contributed by atoms with E-state index in [0.717, 1.165) is 44.5 Å².